The molecule has 0 radical (unpaired) electrons. The Kier molecular flexibility index (Phi) is 3.32. The molecule has 1 fully saturated rings. The average molecular weight is 219 g/mol. The first-order valence-electron chi connectivity index (χ1n) is 6.11. The molecule has 0 bridgehead atoms. The van der Waals surface area contributed by atoms with Crippen LogP contribution in [0.3, 0.4) is 0 Å². The standard InChI is InChI=1S/C13H21N3/c1-9-5-10(2)7-12(6-9)16-13-8-11(14)3-4-15-13/h3-4,8-10,12H,5-7H2,1-2H3,(H3,14,15,16). The van der Waals surface area contributed by atoms with Gasteiger partial charge < -0.3 is 11.1 Å². The molecule has 2 rings (SSSR count). The molecule has 2 atom stereocenters. The van der Waals surface area contributed by atoms with Gasteiger partial charge in [0.25, 0.3) is 0 Å². The average Bonchev–Trinajstić information content (AvgIpc) is 2.15. The van der Waals surface area contributed by atoms with E-state index in [1.54, 1.807) is 6.20 Å². The summed E-state index contributed by atoms with van der Waals surface area (Å²) in [5.41, 5.74) is 6.51. The Hall–Kier alpha value is -1.25. The molecule has 3 N–H and O–H groups in total. The number of hydrogen-bond donors (Lipinski definition) is 2. The molecule has 1 aromatic rings. The van der Waals surface area contributed by atoms with Gasteiger partial charge in [0.1, 0.15) is 5.82 Å². The lowest BCUT2D eigenvalue weighted by molar-refractivity contribution is 0.280. The maximum Gasteiger partial charge on any atom is 0.128 e. The summed E-state index contributed by atoms with van der Waals surface area (Å²) in [4.78, 5) is 4.29. The predicted molar refractivity (Wildman–Crippen MR) is 68.2 cm³/mol. The van der Waals surface area contributed by atoms with Crippen molar-refractivity contribution in [3.63, 3.8) is 0 Å². The maximum absolute atomic E-state index is 5.74. The number of rotatable bonds is 2. The second-order valence-corrected chi connectivity index (χ2v) is 5.23. The van der Waals surface area contributed by atoms with E-state index in [0.717, 1.165) is 23.3 Å². The third kappa shape index (κ3) is 2.87. The van der Waals surface area contributed by atoms with Gasteiger partial charge in [-0.1, -0.05) is 13.8 Å². The van der Waals surface area contributed by atoms with E-state index in [1.807, 2.05) is 12.1 Å². The lowest BCUT2D eigenvalue weighted by Gasteiger charge is -2.32. The van der Waals surface area contributed by atoms with Gasteiger partial charge in [-0.25, -0.2) is 4.98 Å². The zero-order valence-corrected chi connectivity index (χ0v) is 10.1. The third-order valence-electron chi connectivity index (χ3n) is 3.31. The molecule has 0 saturated heterocycles. The predicted octanol–water partition coefficient (Wildman–Crippen LogP) is 2.90. The second-order valence-electron chi connectivity index (χ2n) is 5.23. The van der Waals surface area contributed by atoms with Gasteiger partial charge in [-0.15, -0.1) is 0 Å². The van der Waals surface area contributed by atoms with Crippen molar-refractivity contribution < 1.29 is 0 Å². The first-order chi connectivity index (χ1) is 7.63. The van der Waals surface area contributed by atoms with Crippen LogP contribution in [-0.4, -0.2) is 11.0 Å². The first kappa shape index (κ1) is 11.2. The molecule has 16 heavy (non-hydrogen) atoms. The SMILES string of the molecule is CC1CC(C)CC(Nc2cc(N)ccn2)C1. The van der Waals surface area contributed by atoms with Crippen LogP contribution >= 0.6 is 0 Å². The zero-order chi connectivity index (χ0) is 11.5. The van der Waals surface area contributed by atoms with Crippen molar-refractivity contribution >= 4 is 11.5 Å². The van der Waals surface area contributed by atoms with Gasteiger partial charge in [-0.05, 0) is 37.2 Å². The van der Waals surface area contributed by atoms with Crippen LogP contribution in [0.1, 0.15) is 33.1 Å². The van der Waals surface area contributed by atoms with Gasteiger partial charge in [0.15, 0.2) is 0 Å². The smallest absolute Gasteiger partial charge is 0.128 e. The summed E-state index contributed by atoms with van der Waals surface area (Å²) in [6.45, 7) is 4.66. The van der Waals surface area contributed by atoms with Crippen molar-refractivity contribution in [3.8, 4) is 0 Å². The van der Waals surface area contributed by atoms with E-state index < -0.39 is 0 Å². The van der Waals surface area contributed by atoms with Crippen molar-refractivity contribution in [2.45, 2.75) is 39.2 Å². The Bertz CT molecular complexity index is 341. The fraction of sp³-hybridized carbons (Fsp3) is 0.615. The van der Waals surface area contributed by atoms with Crippen molar-refractivity contribution in [2.75, 3.05) is 11.1 Å². The molecule has 1 aliphatic rings. The van der Waals surface area contributed by atoms with Crippen molar-refractivity contribution in [1.29, 1.82) is 0 Å². The summed E-state index contributed by atoms with van der Waals surface area (Å²) >= 11 is 0. The Morgan fingerprint density at radius 3 is 2.56 bits per heavy atom. The molecular formula is C13H21N3. The summed E-state index contributed by atoms with van der Waals surface area (Å²) in [5.74, 6) is 2.52. The highest BCUT2D eigenvalue weighted by Gasteiger charge is 2.23. The number of anilines is 2. The van der Waals surface area contributed by atoms with Crippen LogP contribution in [0.5, 0.6) is 0 Å². The summed E-state index contributed by atoms with van der Waals surface area (Å²) in [5, 5.41) is 3.49. The Morgan fingerprint density at radius 1 is 1.25 bits per heavy atom. The van der Waals surface area contributed by atoms with Crippen LogP contribution in [0.25, 0.3) is 0 Å². The van der Waals surface area contributed by atoms with Gasteiger partial charge in [0, 0.05) is 24.0 Å². The van der Waals surface area contributed by atoms with E-state index in [9.17, 15) is 0 Å². The van der Waals surface area contributed by atoms with E-state index in [-0.39, 0.29) is 0 Å². The van der Waals surface area contributed by atoms with Crippen molar-refractivity contribution in [3.05, 3.63) is 18.3 Å². The Labute approximate surface area is 97.5 Å². The number of aromatic nitrogens is 1. The highest BCUT2D eigenvalue weighted by atomic mass is 15.0. The molecule has 0 amide bonds. The normalized spacial score (nSPS) is 30.0. The van der Waals surface area contributed by atoms with Crippen LogP contribution in [0.15, 0.2) is 18.3 Å². The summed E-state index contributed by atoms with van der Waals surface area (Å²) in [6, 6.07) is 4.27. The van der Waals surface area contributed by atoms with E-state index >= 15 is 0 Å². The fourth-order valence-corrected chi connectivity index (χ4v) is 2.80. The quantitative estimate of drug-likeness (QED) is 0.804. The number of nitrogen functional groups attached to an aromatic ring is 1. The van der Waals surface area contributed by atoms with Crippen molar-refractivity contribution in [2.24, 2.45) is 11.8 Å². The van der Waals surface area contributed by atoms with Crippen molar-refractivity contribution in [1.82, 2.24) is 4.98 Å². The zero-order valence-electron chi connectivity index (χ0n) is 10.1. The number of pyridine rings is 1. The van der Waals surface area contributed by atoms with E-state index in [4.69, 9.17) is 5.73 Å². The van der Waals surface area contributed by atoms with Gasteiger partial charge in [0.2, 0.25) is 0 Å². The molecule has 1 heterocycles. The topological polar surface area (TPSA) is 50.9 Å². The van der Waals surface area contributed by atoms with Gasteiger partial charge >= 0.3 is 0 Å². The molecule has 3 nitrogen and oxygen atoms in total. The van der Waals surface area contributed by atoms with Crippen LogP contribution in [0.2, 0.25) is 0 Å². The molecule has 1 aliphatic carbocycles. The summed E-state index contributed by atoms with van der Waals surface area (Å²) in [7, 11) is 0. The van der Waals surface area contributed by atoms with Gasteiger partial charge in [-0.3, -0.25) is 0 Å². The number of nitrogens with two attached hydrogens (primary N) is 1. The molecule has 1 saturated carbocycles. The summed E-state index contributed by atoms with van der Waals surface area (Å²) in [6.07, 6.45) is 5.58. The van der Waals surface area contributed by atoms with E-state index in [1.165, 1.54) is 19.3 Å². The minimum atomic E-state index is 0.549. The first-order valence-corrected chi connectivity index (χ1v) is 6.11. The van der Waals surface area contributed by atoms with Crippen LogP contribution in [0, 0.1) is 11.8 Å². The number of nitrogens with zero attached hydrogens (tertiary/aromatic N) is 1. The number of nitrogens with one attached hydrogen (secondary N) is 1. The number of hydrogen-bond acceptors (Lipinski definition) is 3. The molecule has 1 aromatic heterocycles. The third-order valence-corrected chi connectivity index (χ3v) is 3.31. The molecule has 3 heteroatoms. The molecule has 2 unspecified atom stereocenters. The molecular weight excluding hydrogens is 198 g/mol. The van der Waals surface area contributed by atoms with Crippen LogP contribution in [0.4, 0.5) is 11.5 Å². The molecule has 0 aliphatic heterocycles. The molecule has 88 valence electrons. The maximum atomic E-state index is 5.74. The molecule has 0 aromatic carbocycles. The van der Waals surface area contributed by atoms with E-state index in [0.29, 0.717) is 6.04 Å². The lowest BCUT2D eigenvalue weighted by Crippen LogP contribution is -2.30. The highest BCUT2D eigenvalue weighted by Crippen LogP contribution is 2.30. The molecule has 0 spiro atoms. The summed E-state index contributed by atoms with van der Waals surface area (Å²) < 4.78 is 0. The van der Waals surface area contributed by atoms with Gasteiger partial charge in [-0.2, -0.15) is 0 Å². The van der Waals surface area contributed by atoms with Gasteiger partial charge in [0.05, 0.1) is 0 Å². The fourth-order valence-electron chi connectivity index (χ4n) is 2.80. The van der Waals surface area contributed by atoms with Crippen LogP contribution < -0.4 is 11.1 Å². The second kappa shape index (κ2) is 4.73. The minimum absolute atomic E-state index is 0.549. The Morgan fingerprint density at radius 2 is 1.94 bits per heavy atom. The minimum Gasteiger partial charge on any atom is -0.399 e. The highest BCUT2D eigenvalue weighted by molar-refractivity contribution is 5.48. The Balaban J connectivity index is 1.98. The van der Waals surface area contributed by atoms with Crippen LogP contribution in [-0.2, 0) is 0 Å². The van der Waals surface area contributed by atoms with E-state index in [2.05, 4.69) is 24.1 Å². The largest absolute Gasteiger partial charge is 0.399 e. The lowest BCUT2D eigenvalue weighted by atomic mass is 9.80. The monoisotopic (exact) mass is 219 g/mol.